The first-order valence-electron chi connectivity index (χ1n) is 8.48. The van der Waals surface area contributed by atoms with Gasteiger partial charge in [-0.15, -0.1) is 0 Å². The maximum absolute atomic E-state index is 6.06. The second-order valence-corrected chi connectivity index (χ2v) is 6.60. The molecule has 1 fully saturated rings. The Morgan fingerprint density at radius 2 is 1.83 bits per heavy atom. The van der Waals surface area contributed by atoms with Crippen molar-refractivity contribution in [2.75, 3.05) is 18.8 Å². The van der Waals surface area contributed by atoms with Gasteiger partial charge < -0.3 is 10.5 Å². The molecule has 0 spiro atoms. The van der Waals surface area contributed by atoms with E-state index in [2.05, 4.69) is 30.0 Å². The summed E-state index contributed by atoms with van der Waals surface area (Å²) in [6, 6.07) is 16.2. The highest BCUT2D eigenvalue weighted by Crippen LogP contribution is 2.26. The van der Waals surface area contributed by atoms with E-state index < -0.39 is 0 Å². The first-order chi connectivity index (χ1) is 11.2. The zero-order valence-corrected chi connectivity index (χ0v) is 13.9. The van der Waals surface area contributed by atoms with Crippen LogP contribution in [0.4, 0.5) is 5.69 Å². The molecule has 2 N–H and O–H groups in total. The molecule has 122 valence electrons. The number of piperidine rings is 1. The summed E-state index contributed by atoms with van der Waals surface area (Å²) in [4.78, 5) is 2.50. The monoisotopic (exact) mass is 310 g/mol. The van der Waals surface area contributed by atoms with Crippen LogP contribution in [0.25, 0.3) is 0 Å². The van der Waals surface area contributed by atoms with E-state index >= 15 is 0 Å². The topological polar surface area (TPSA) is 38.5 Å². The SMILES string of the molecule is CC1CCN(Cc2cc(N)ccc2OCc2ccccc2)CC1. The fourth-order valence-electron chi connectivity index (χ4n) is 3.06. The maximum atomic E-state index is 6.06. The smallest absolute Gasteiger partial charge is 0.124 e. The summed E-state index contributed by atoms with van der Waals surface area (Å²) < 4.78 is 6.06. The number of likely N-dealkylation sites (tertiary alicyclic amines) is 1. The van der Waals surface area contributed by atoms with E-state index in [0.29, 0.717) is 6.61 Å². The van der Waals surface area contributed by atoms with Gasteiger partial charge in [0.25, 0.3) is 0 Å². The number of nitrogen functional groups attached to an aromatic ring is 1. The second kappa shape index (κ2) is 7.51. The molecule has 0 saturated carbocycles. The van der Waals surface area contributed by atoms with Gasteiger partial charge in [0.2, 0.25) is 0 Å². The fraction of sp³-hybridized carbons (Fsp3) is 0.400. The van der Waals surface area contributed by atoms with Gasteiger partial charge >= 0.3 is 0 Å². The normalized spacial score (nSPS) is 16.4. The van der Waals surface area contributed by atoms with E-state index in [0.717, 1.165) is 37.0 Å². The Hall–Kier alpha value is -2.00. The number of rotatable bonds is 5. The average molecular weight is 310 g/mol. The number of nitrogens with zero attached hydrogens (tertiary/aromatic N) is 1. The highest BCUT2D eigenvalue weighted by atomic mass is 16.5. The van der Waals surface area contributed by atoms with Crippen LogP contribution < -0.4 is 10.5 Å². The van der Waals surface area contributed by atoms with E-state index in [1.807, 2.05) is 30.3 Å². The third kappa shape index (κ3) is 4.49. The molecule has 3 rings (SSSR count). The van der Waals surface area contributed by atoms with E-state index in [9.17, 15) is 0 Å². The van der Waals surface area contributed by atoms with Crippen molar-refractivity contribution in [2.24, 2.45) is 5.92 Å². The van der Waals surface area contributed by atoms with Crippen molar-refractivity contribution in [1.29, 1.82) is 0 Å². The second-order valence-electron chi connectivity index (χ2n) is 6.60. The minimum Gasteiger partial charge on any atom is -0.489 e. The maximum Gasteiger partial charge on any atom is 0.124 e. The molecule has 2 aromatic rings. The standard InChI is InChI=1S/C20H26N2O/c1-16-9-11-22(12-10-16)14-18-13-19(21)7-8-20(18)23-15-17-5-3-2-4-6-17/h2-8,13,16H,9-12,14-15,21H2,1H3. The molecular formula is C20H26N2O. The van der Waals surface area contributed by atoms with Crippen molar-refractivity contribution in [3.8, 4) is 5.75 Å². The summed E-state index contributed by atoms with van der Waals surface area (Å²) in [5, 5.41) is 0. The highest BCUT2D eigenvalue weighted by molar-refractivity contribution is 5.48. The largest absolute Gasteiger partial charge is 0.489 e. The predicted molar refractivity (Wildman–Crippen MR) is 95.3 cm³/mol. The Bertz CT molecular complexity index is 619. The average Bonchev–Trinajstić information content (AvgIpc) is 2.57. The molecule has 0 aromatic heterocycles. The van der Waals surface area contributed by atoms with Crippen molar-refractivity contribution < 1.29 is 4.74 Å². The van der Waals surface area contributed by atoms with Crippen LogP contribution in [-0.2, 0) is 13.2 Å². The van der Waals surface area contributed by atoms with Gasteiger partial charge in [-0.3, -0.25) is 4.90 Å². The van der Waals surface area contributed by atoms with Crippen LogP contribution >= 0.6 is 0 Å². The molecule has 3 nitrogen and oxygen atoms in total. The number of anilines is 1. The van der Waals surface area contributed by atoms with Gasteiger partial charge in [-0.1, -0.05) is 37.3 Å². The Labute approximate surface area is 139 Å². The lowest BCUT2D eigenvalue weighted by atomic mass is 9.99. The minimum absolute atomic E-state index is 0.592. The molecule has 0 bridgehead atoms. The highest BCUT2D eigenvalue weighted by Gasteiger charge is 2.17. The van der Waals surface area contributed by atoms with Gasteiger partial charge in [-0.05, 0) is 55.6 Å². The summed E-state index contributed by atoms with van der Waals surface area (Å²) >= 11 is 0. The Morgan fingerprint density at radius 1 is 1.09 bits per heavy atom. The Kier molecular flexibility index (Phi) is 5.19. The lowest BCUT2D eigenvalue weighted by Gasteiger charge is -2.30. The molecule has 0 amide bonds. The van der Waals surface area contributed by atoms with Gasteiger partial charge in [0, 0.05) is 17.8 Å². The molecular weight excluding hydrogens is 284 g/mol. The van der Waals surface area contributed by atoms with E-state index in [-0.39, 0.29) is 0 Å². The van der Waals surface area contributed by atoms with Gasteiger partial charge in [0.1, 0.15) is 12.4 Å². The van der Waals surface area contributed by atoms with Crippen molar-refractivity contribution in [2.45, 2.75) is 32.9 Å². The summed E-state index contributed by atoms with van der Waals surface area (Å²) in [7, 11) is 0. The van der Waals surface area contributed by atoms with Crippen molar-refractivity contribution >= 4 is 5.69 Å². The van der Waals surface area contributed by atoms with Crippen molar-refractivity contribution in [3.63, 3.8) is 0 Å². The molecule has 1 aliphatic rings. The van der Waals surface area contributed by atoms with Gasteiger partial charge in [0.15, 0.2) is 0 Å². The molecule has 0 aliphatic carbocycles. The quantitative estimate of drug-likeness (QED) is 0.846. The van der Waals surface area contributed by atoms with Crippen LogP contribution in [0.15, 0.2) is 48.5 Å². The van der Waals surface area contributed by atoms with Gasteiger partial charge in [0.05, 0.1) is 0 Å². The summed E-state index contributed by atoms with van der Waals surface area (Å²) in [5.74, 6) is 1.79. The number of ether oxygens (including phenoxy) is 1. The first-order valence-corrected chi connectivity index (χ1v) is 8.48. The number of hydrogen-bond acceptors (Lipinski definition) is 3. The minimum atomic E-state index is 0.592. The molecule has 1 saturated heterocycles. The summed E-state index contributed by atoms with van der Waals surface area (Å²) in [6.45, 7) is 6.17. The van der Waals surface area contributed by atoms with Crippen LogP contribution in [-0.4, -0.2) is 18.0 Å². The van der Waals surface area contributed by atoms with Gasteiger partial charge in [-0.25, -0.2) is 0 Å². The first kappa shape index (κ1) is 15.9. The number of nitrogens with two attached hydrogens (primary N) is 1. The van der Waals surface area contributed by atoms with Crippen LogP contribution in [0.5, 0.6) is 5.75 Å². The molecule has 0 atom stereocenters. The predicted octanol–water partition coefficient (Wildman–Crippen LogP) is 4.08. The number of hydrogen-bond donors (Lipinski definition) is 1. The fourth-order valence-corrected chi connectivity index (χ4v) is 3.06. The zero-order chi connectivity index (χ0) is 16.1. The lowest BCUT2D eigenvalue weighted by molar-refractivity contribution is 0.182. The third-order valence-corrected chi connectivity index (χ3v) is 4.59. The van der Waals surface area contributed by atoms with Crippen molar-refractivity contribution in [1.82, 2.24) is 4.90 Å². The molecule has 1 aliphatic heterocycles. The third-order valence-electron chi connectivity index (χ3n) is 4.59. The zero-order valence-electron chi connectivity index (χ0n) is 13.9. The lowest BCUT2D eigenvalue weighted by Crippen LogP contribution is -2.32. The van der Waals surface area contributed by atoms with Crippen LogP contribution in [0, 0.1) is 5.92 Å². The molecule has 0 unspecified atom stereocenters. The number of benzene rings is 2. The Morgan fingerprint density at radius 3 is 2.57 bits per heavy atom. The van der Waals surface area contributed by atoms with E-state index in [4.69, 9.17) is 10.5 Å². The molecule has 2 aromatic carbocycles. The van der Waals surface area contributed by atoms with E-state index in [1.165, 1.54) is 24.0 Å². The van der Waals surface area contributed by atoms with Crippen LogP contribution in [0.1, 0.15) is 30.9 Å². The molecule has 3 heteroatoms. The summed E-state index contributed by atoms with van der Waals surface area (Å²) in [5.41, 5.74) is 9.16. The summed E-state index contributed by atoms with van der Waals surface area (Å²) in [6.07, 6.45) is 2.56. The van der Waals surface area contributed by atoms with Crippen LogP contribution in [0.3, 0.4) is 0 Å². The Balaban J connectivity index is 1.67. The van der Waals surface area contributed by atoms with Gasteiger partial charge in [-0.2, -0.15) is 0 Å². The van der Waals surface area contributed by atoms with Crippen molar-refractivity contribution in [3.05, 3.63) is 59.7 Å². The van der Waals surface area contributed by atoms with Crippen LogP contribution in [0.2, 0.25) is 0 Å². The van der Waals surface area contributed by atoms with E-state index in [1.54, 1.807) is 0 Å². The molecule has 23 heavy (non-hydrogen) atoms. The molecule has 0 radical (unpaired) electrons. The molecule has 1 heterocycles.